The van der Waals surface area contributed by atoms with Crippen LogP contribution in [0.5, 0.6) is 0 Å². The SMILES string of the molecule is [CH2-]c1ccccc1.[CH2-]c1ccccc1.[Ti+4].c1ccc2[cH-]ccc2c1.c1ccc2[cH-]ccc2c1. The summed E-state index contributed by atoms with van der Waals surface area (Å²) < 4.78 is 0. The zero-order valence-corrected chi connectivity index (χ0v) is 20.3. The molecule has 6 rings (SSSR count). The van der Waals surface area contributed by atoms with Gasteiger partial charge in [0.2, 0.25) is 0 Å². The van der Waals surface area contributed by atoms with Crippen LogP contribution >= 0.6 is 0 Å². The van der Waals surface area contributed by atoms with Crippen molar-refractivity contribution < 1.29 is 21.7 Å². The minimum absolute atomic E-state index is 0. The number of hydrogen-bond acceptors (Lipinski definition) is 0. The molecule has 0 radical (unpaired) electrons. The Morgan fingerprint density at radius 2 is 0.727 bits per heavy atom. The molecule has 160 valence electrons. The van der Waals surface area contributed by atoms with Gasteiger partial charge in [-0.15, -0.1) is 83.6 Å². The molecule has 0 heterocycles. The minimum Gasteiger partial charge on any atom is -0.199 e. The van der Waals surface area contributed by atoms with Crippen molar-refractivity contribution >= 4 is 21.5 Å². The third kappa shape index (κ3) is 9.29. The molecule has 0 aromatic heterocycles. The van der Waals surface area contributed by atoms with Crippen LogP contribution in [0.2, 0.25) is 0 Å². The van der Waals surface area contributed by atoms with Crippen molar-refractivity contribution in [2.24, 2.45) is 0 Å². The second-order valence-electron chi connectivity index (χ2n) is 7.28. The standard InChI is InChI=1S/2C9H7.2C7H7.Ti/c2*1-2-5-9-7-3-6-8(9)4-1;2*1-7-5-3-2-4-6-7;/h2*1-7H;2*2-6H,1H2;/q4*-1;+4. The van der Waals surface area contributed by atoms with E-state index in [9.17, 15) is 0 Å². The molecule has 0 spiro atoms. The van der Waals surface area contributed by atoms with E-state index in [1.807, 2.05) is 60.7 Å². The summed E-state index contributed by atoms with van der Waals surface area (Å²) in [7, 11) is 0. The molecule has 0 fully saturated rings. The van der Waals surface area contributed by atoms with Gasteiger partial charge in [-0.1, -0.05) is 24.3 Å². The van der Waals surface area contributed by atoms with Crippen LogP contribution in [0.3, 0.4) is 0 Å². The van der Waals surface area contributed by atoms with Crippen molar-refractivity contribution in [3.63, 3.8) is 0 Å². The molecule has 0 saturated heterocycles. The quantitative estimate of drug-likeness (QED) is 0.157. The monoisotopic (exact) mass is 460 g/mol. The first-order valence-corrected chi connectivity index (χ1v) is 10.7. The van der Waals surface area contributed by atoms with Crippen LogP contribution < -0.4 is 0 Å². The van der Waals surface area contributed by atoms with Crippen LogP contribution in [0.1, 0.15) is 11.1 Å². The van der Waals surface area contributed by atoms with Crippen LogP contribution in [0.4, 0.5) is 0 Å². The molecule has 1 heteroatoms. The zero-order chi connectivity index (χ0) is 22.4. The molecule has 0 aliphatic heterocycles. The summed E-state index contributed by atoms with van der Waals surface area (Å²) in [4.78, 5) is 0. The molecular weight excluding hydrogens is 432 g/mol. The van der Waals surface area contributed by atoms with E-state index in [4.69, 9.17) is 0 Å². The molecule has 6 aromatic carbocycles. The van der Waals surface area contributed by atoms with Gasteiger partial charge in [-0.25, -0.2) is 0 Å². The van der Waals surface area contributed by atoms with Gasteiger partial charge in [0, 0.05) is 0 Å². The molecule has 0 atom stereocenters. The fraction of sp³-hybridized carbons (Fsp3) is 0. The molecular formula is C32H28Ti. The Hall–Kier alpha value is -3.45. The van der Waals surface area contributed by atoms with Gasteiger partial charge in [0.05, 0.1) is 0 Å². The third-order valence-corrected chi connectivity index (χ3v) is 4.78. The molecule has 0 bridgehead atoms. The van der Waals surface area contributed by atoms with Crippen LogP contribution in [-0.2, 0) is 21.7 Å². The van der Waals surface area contributed by atoms with Crippen molar-refractivity contribution in [1.82, 2.24) is 0 Å². The fourth-order valence-electron chi connectivity index (χ4n) is 3.10. The molecule has 6 aromatic rings. The van der Waals surface area contributed by atoms with Gasteiger partial charge in [-0.3, -0.25) is 0 Å². The predicted octanol–water partition coefficient (Wildman–Crippen LogP) is 8.85. The maximum absolute atomic E-state index is 3.72. The van der Waals surface area contributed by atoms with Crippen LogP contribution in [0.15, 0.2) is 146 Å². The average Bonchev–Trinajstić information content (AvgIpc) is 3.51. The summed E-state index contributed by atoms with van der Waals surface area (Å²) in [6.07, 6.45) is 0. The van der Waals surface area contributed by atoms with E-state index in [0.717, 1.165) is 11.1 Å². The number of benzene rings is 4. The molecule has 0 aliphatic carbocycles. The first kappa shape index (κ1) is 25.8. The third-order valence-electron chi connectivity index (χ3n) is 4.78. The largest absolute Gasteiger partial charge is 4.00 e. The summed E-state index contributed by atoms with van der Waals surface area (Å²) in [6.45, 7) is 7.44. The Kier molecular flexibility index (Phi) is 11.4. The van der Waals surface area contributed by atoms with E-state index in [1.165, 1.54) is 21.5 Å². The Balaban J connectivity index is 0.000000155. The maximum Gasteiger partial charge on any atom is 4.00 e. The van der Waals surface area contributed by atoms with Crippen molar-refractivity contribution in [2.75, 3.05) is 0 Å². The summed E-state index contributed by atoms with van der Waals surface area (Å²) in [6, 6.07) is 49.1. The van der Waals surface area contributed by atoms with Crippen LogP contribution in [-0.4, -0.2) is 0 Å². The van der Waals surface area contributed by atoms with Crippen LogP contribution in [0, 0.1) is 13.8 Å². The number of rotatable bonds is 0. The summed E-state index contributed by atoms with van der Waals surface area (Å²) in [5, 5.41) is 5.32. The van der Waals surface area contributed by atoms with Gasteiger partial charge in [0.1, 0.15) is 0 Å². The smallest absolute Gasteiger partial charge is 0.199 e. The van der Waals surface area contributed by atoms with Crippen molar-refractivity contribution in [3.05, 3.63) is 171 Å². The zero-order valence-electron chi connectivity index (χ0n) is 18.8. The minimum atomic E-state index is 0. The molecule has 0 unspecified atom stereocenters. The van der Waals surface area contributed by atoms with Crippen molar-refractivity contribution in [3.8, 4) is 0 Å². The van der Waals surface area contributed by atoms with Gasteiger partial charge >= 0.3 is 21.7 Å². The van der Waals surface area contributed by atoms with E-state index in [1.54, 1.807) is 0 Å². The van der Waals surface area contributed by atoms with Gasteiger partial charge in [0.25, 0.3) is 0 Å². The van der Waals surface area contributed by atoms with Gasteiger partial charge in [-0.2, -0.15) is 84.3 Å². The molecule has 33 heavy (non-hydrogen) atoms. The molecule has 0 saturated carbocycles. The van der Waals surface area contributed by atoms with Gasteiger partial charge < -0.3 is 0 Å². The number of fused-ring (bicyclic) bond motifs is 2. The Morgan fingerprint density at radius 3 is 1.03 bits per heavy atom. The van der Waals surface area contributed by atoms with Crippen molar-refractivity contribution in [1.29, 1.82) is 0 Å². The summed E-state index contributed by atoms with van der Waals surface area (Å²) in [5.41, 5.74) is 2.14. The Morgan fingerprint density at radius 1 is 0.394 bits per heavy atom. The van der Waals surface area contributed by atoms with E-state index in [-0.39, 0.29) is 21.7 Å². The average molecular weight is 460 g/mol. The van der Waals surface area contributed by atoms with Crippen molar-refractivity contribution in [2.45, 2.75) is 0 Å². The topological polar surface area (TPSA) is 0 Å². The second kappa shape index (κ2) is 14.6. The summed E-state index contributed by atoms with van der Waals surface area (Å²) in [5.74, 6) is 0. The second-order valence-corrected chi connectivity index (χ2v) is 7.28. The van der Waals surface area contributed by atoms with Gasteiger partial charge in [0.15, 0.2) is 0 Å². The molecule has 0 aliphatic rings. The van der Waals surface area contributed by atoms with Gasteiger partial charge in [-0.05, 0) is 0 Å². The van der Waals surface area contributed by atoms with E-state index in [2.05, 4.69) is 98.8 Å². The predicted molar refractivity (Wildman–Crippen MR) is 141 cm³/mol. The van der Waals surface area contributed by atoms with E-state index < -0.39 is 0 Å². The molecule has 0 N–H and O–H groups in total. The van der Waals surface area contributed by atoms with E-state index in [0.29, 0.717) is 0 Å². The van der Waals surface area contributed by atoms with Crippen LogP contribution in [0.25, 0.3) is 21.5 Å². The summed E-state index contributed by atoms with van der Waals surface area (Å²) >= 11 is 0. The normalized spacial score (nSPS) is 9.21. The number of hydrogen-bond donors (Lipinski definition) is 0. The van der Waals surface area contributed by atoms with E-state index >= 15 is 0 Å². The fourth-order valence-corrected chi connectivity index (χ4v) is 3.10. The molecule has 0 amide bonds. The maximum atomic E-state index is 3.72. The molecule has 0 nitrogen and oxygen atoms in total. The first-order valence-electron chi connectivity index (χ1n) is 10.7. The first-order chi connectivity index (χ1) is 15.7. The Labute approximate surface area is 213 Å². The Bertz CT molecular complexity index is 1110.